The van der Waals surface area contributed by atoms with Crippen molar-refractivity contribution in [3.8, 4) is 5.75 Å². The Morgan fingerprint density at radius 2 is 2.44 bits per heavy atom. The van der Waals surface area contributed by atoms with Crippen LogP contribution in [0.1, 0.15) is 19.8 Å². The lowest BCUT2D eigenvalue weighted by atomic mass is 10.2. The first kappa shape index (κ1) is 12.5. The summed E-state index contributed by atoms with van der Waals surface area (Å²) in [7, 11) is 1.44. The number of anilines is 1. The normalized spacial score (nSPS) is 12.2. The highest BCUT2D eigenvalue weighted by molar-refractivity contribution is 5.47. The summed E-state index contributed by atoms with van der Waals surface area (Å²) in [4.78, 5) is 17.8. The number of nitrogens with zero attached hydrogens (tertiary/aromatic N) is 1. The van der Waals surface area contributed by atoms with Gasteiger partial charge in [-0.1, -0.05) is 0 Å². The minimum atomic E-state index is -0.285. The average Bonchev–Trinajstić information content (AvgIpc) is 2.24. The maximum atomic E-state index is 11.3. The SMILES string of the molecule is COc1c(NCCCC(C)N)nc[nH]c1=O. The molecule has 1 heterocycles. The third-order valence-corrected chi connectivity index (χ3v) is 2.14. The van der Waals surface area contributed by atoms with E-state index in [1.54, 1.807) is 0 Å². The second-order valence-electron chi connectivity index (χ2n) is 3.66. The number of rotatable bonds is 6. The number of nitrogens with two attached hydrogens (primary N) is 1. The molecule has 0 saturated heterocycles. The molecule has 16 heavy (non-hydrogen) atoms. The van der Waals surface area contributed by atoms with Crippen LogP contribution in [0.3, 0.4) is 0 Å². The lowest BCUT2D eigenvalue weighted by Gasteiger charge is -2.09. The number of nitrogens with one attached hydrogen (secondary N) is 2. The van der Waals surface area contributed by atoms with Gasteiger partial charge in [0, 0.05) is 12.6 Å². The second kappa shape index (κ2) is 6.12. The number of hydrogen-bond donors (Lipinski definition) is 3. The van der Waals surface area contributed by atoms with Crippen molar-refractivity contribution >= 4 is 5.82 Å². The van der Waals surface area contributed by atoms with Crippen LogP contribution < -0.4 is 21.3 Å². The van der Waals surface area contributed by atoms with Gasteiger partial charge in [0.2, 0.25) is 5.75 Å². The highest BCUT2D eigenvalue weighted by atomic mass is 16.5. The van der Waals surface area contributed by atoms with Crippen LogP contribution in [0.2, 0.25) is 0 Å². The van der Waals surface area contributed by atoms with Crippen molar-refractivity contribution in [1.29, 1.82) is 0 Å². The quantitative estimate of drug-likeness (QED) is 0.607. The molecule has 1 aromatic rings. The van der Waals surface area contributed by atoms with Gasteiger partial charge in [0.05, 0.1) is 13.4 Å². The first-order valence-electron chi connectivity index (χ1n) is 5.26. The lowest BCUT2D eigenvalue weighted by molar-refractivity contribution is 0.408. The third kappa shape index (κ3) is 3.54. The van der Waals surface area contributed by atoms with Crippen LogP contribution in [0.25, 0.3) is 0 Å². The van der Waals surface area contributed by atoms with E-state index in [4.69, 9.17) is 10.5 Å². The molecule has 1 rings (SSSR count). The molecule has 0 aliphatic heterocycles. The highest BCUT2D eigenvalue weighted by Gasteiger charge is 2.07. The van der Waals surface area contributed by atoms with Crippen LogP contribution in [0, 0.1) is 0 Å². The minimum absolute atomic E-state index is 0.191. The van der Waals surface area contributed by atoms with Crippen molar-refractivity contribution < 1.29 is 4.74 Å². The zero-order valence-corrected chi connectivity index (χ0v) is 9.62. The van der Waals surface area contributed by atoms with E-state index in [0.717, 1.165) is 12.8 Å². The summed E-state index contributed by atoms with van der Waals surface area (Å²) >= 11 is 0. The van der Waals surface area contributed by atoms with E-state index in [1.807, 2.05) is 6.92 Å². The van der Waals surface area contributed by atoms with Crippen molar-refractivity contribution in [2.75, 3.05) is 19.0 Å². The zero-order valence-electron chi connectivity index (χ0n) is 9.62. The molecule has 0 aliphatic carbocycles. The Labute approximate surface area is 94.2 Å². The van der Waals surface area contributed by atoms with Gasteiger partial charge < -0.3 is 20.8 Å². The van der Waals surface area contributed by atoms with Crippen molar-refractivity contribution in [3.63, 3.8) is 0 Å². The van der Waals surface area contributed by atoms with Gasteiger partial charge in [-0.05, 0) is 19.8 Å². The molecule has 0 bridgehead atoms. The largest absolute Gasteiger partial charge is 0.489 e. The molecule has 0 aliphatic rings. The number of ether oxygens (including phenoxy) is 1. The number of aromatic amines is 1. The molecule has 0 spiro atoms. The number of methoxy groups -OCH3 is 1. The molecule has 1 atom stereocenters. The average molecular weight is 226 g/mol. The van der Waals surface area contributed by atoms with E-state index in [-0.39, 0.29) is 17.4 Å². The fourth-order valence-corrected chi connectivity index (χ4v) is 1.33. The molecular weight excluding hydrogens is 208 g/mol. The summed E-state index contributed by atoms with van der Waals surface area (Å²) in [5.74, 6) is 0.680. The summed E-state index contributed by atoms with van der Waals surface area (Å²) in [6, 6.07) is 0.191. The van der Waals surface area contributed by atoms with E-state index < -0.39 is 0 Å². The monoisotopic (exact) mass is 226 g/mol. The van der Waals surface area contributed by atoms with Gasteiger partial charge in [-0.25, -0.2) is 4.98 Å². The molecule has 6 nitrogen and oxygen atoms in total. The molecule has 90 valence electrons. The van der Waals surface area contributed by atoms with Crippen LogP contribution in [-0.2, 0) is 0 Å². The van der Waals surface area contributed by atoms with Gasteiger partial charge in [0.25, 0.3) is 5.56 Å². The van der Waals surface area contributed by atoms with E-state index in [1.165, 1.54) is 13.4 Å². The third-order valence-electron chi connectivity index (χ3n) is 2.14. The van der Waals surface area contributed by atoms with Crippen LogP contribution in [0.5, 0.6) is 5.75 Å². The van der Waals surface area contributed by atoms with Crippen molar-refractivity contribution in [2.45, 2.75) is 25.8 Å². The smallest absolute Gasteiger partial charge is 0.295 e. The van der Waals surface area contributed by atoms with Gasteiger partial charge in [0.1, 0.15) is 0 Å². The molecule has 0 amide bonds. The van der Waals surface area contributed by atoms with Gasteiger partial charge >= 0.3 is 0 Å². The number of hydrogen-bond acceptors (Lipinski definition) is 5. The predicted molar refractivity (Wildman–Crippen MR) is 62.8 cm³/mol. The van der Waals surface area contributed by atoms with Crippen LogP contribution >= 0.6 is 0 Å². The summed E-state index contributed by atoms with van der Waals surface area (Å²) in [5.41, 5.74) is 5.34. The Kier molecular flexibility index (Phi) is 4.78. The van der Waals surface area contributed by atoms with Crippen molar-refractivity contribution in [2.24, 2.45) is 5.73 Å². The van der Waals surface area contributed by atoms with E-state index in [9.17, 15) is 4.79 Å². The van der Waals surface area contributed by atoms with E-state index >= 15 is 0 Å². The number of H-pyrrole nitrogens is 1. The van der Waals surface area contributed by atoms with Gasteiger partial charge in [-0.3, -0.25) is 4.79 Å². The molecule has 1 aromatic heterocycles. The van der Waals surface area contributed by atoms with Gasteiger partial charge in [-0.2, -0.15) is 0 Å². The standard InChI is InChI=1S/C10H18N4O2/c1-7(11)4-3-5-12-9-8(16-2)10(15)14-6-13-9/h6-7H,3-5,11H2,1-2H3,(H2,12,13,14,15). The van der Waals surface area contributed by atoms with Crippen LogP contribution in [0.15, 0.2) is 11.1 Å². The van der Waals surface area contributed by atoms with Gasteiger partial charge in [0.15, 0.2) is 5.82 Å². The summed E-state index contributed by atoms with van der Waals surface area (Å²) in [6.07, 6.45) is 3.20. The summed E-state index contributed by atoms with van der Waals surface area (Å²) in [5, 5.41) is 3.05. The lowest BCUT2D eigenvalue weighted by Crippen LogP contribution is -2.18. The molecule has 0 fully saturated rings. The zero-order chi connectivity index (χ0) is 12.0. The predicted octanol–water partition coefficient (Wildman–Crippen LogP) is 0.318. The Balaban J connectivity index is 2.53. The molecule has 6 heteroatoms. The molecule has 1 unspecified atom stereocenters. The minimum Gasteiger partial charge on any atom is -0.489 e. The molecule has 0 saturated carbocycles. The second-order valence-corrected chi connectivity index (χ2v) is 3.66. The molecule has 0 aromatic carbocycles. The summed E-state index contributed by atoms with van der Waals surface area (Å²) < 4.78 is 4.96. The van der Waals surface area contributed by atoms with Gasteiger partial charge in [-0.15, -0.1) is 0 Å². The topological polar surface area (TPSA) is 93.0 Å². The Bertz CT molecular complexity index is 375. The van der Waals surface area contributed by atoms with Crippen LogP contribution in [-0.4, -0.2) is 29.7 Å². The van der Waals surface area contributed by atoms with E-state index in [0.29, 0.717) is 12.4 Å². The maximum absolute atomic E-state index is 11.3. The maximum Gasteiger partial charge on any atom is 0.295 e. The Hall–Kier alpha value is -1.56. The Morgan fingerprint density at radius 1 is 1.69 bits per heavy atom. The van der Waals surface area contributed by atoms with Crippen LogP contribution in [0.4, 0.5) is 5.82 Å². The Morgan fingerprint density at radius 3 is 3.06 bits per heavy atom. The fourth-order valence-electron chi connectivity index (χ4n) is 1.33. The molecular formula is C10H18N4O2. The van der Waals surface area contributed by atoms with Crippen molar-refractivity contribution in [1.82, 2.24) is 9.97 Å². The van der Waals surface area contributed by atoms with E-state index in [2.05, 4.69) is 15.3 Å². The molecule has 4 N–H and O–H groups in total. The summed E-state index contributed by atoms with van der Waals surface area (Å²) in [6.45, 7) is 2.68. The molecule has 0 radical (unpaired) electrons. The number of aromatic nitrogens is 2. The van der Waals surface area contributed by atoms with Crippen molar-refractivity contribution in [3.05, 3.63) is 16.7 Å². The highest BCUT2D eigenvalue weighted by Crippen LogP contribution is 2.13. The fraction of sp³-hybridized carbons (Fsp3) is 0.600. The first-order chi connectivity index (χ1) is 7.65. The first-order valence-corrected chi connectivity index (χ1v) is 5.26.